The first-order valence-electron chi connectivity index (χ1n) is 22.1. The molecule has 0 aromatic heterocycles. The van der Waals surface area contributed by atoms with Gasteiger partial charge >= 0.3 is 11.9 Å². The SMILES string of the molecule is CCCCC/C=C/COC(=O)CCN(CCC(=O)OC1CCC2(C)C(=CC=C3C2CCC2(C)C3CCC2C(C)CCCC(C)C)C1)C(=O)CCCN(C)C. The standard InChI is InChI=1S/C47H78N2O5/c1-9-10-11-12-13-14-33-53-44(51)26-31-49(43(50)19-16-30-48(7)8)32-27-45(52)54-38-24-28-46(5)37(34-38)20-21-39-41-23-22-40(36(4)18-15-17-35(2)3)47(41,6)29-25-42(39)46/h13-14,20-21,35-36,38,40-42H,9-12,15-19,22-34H2,1-8H3/b14-13+. The molecular weight excluding hydrogens is 673 g/mol. The van der Waals surface area contributed by atoms with Crippen molar-refractivity contribution >= 4 is 17.8 Å². The van der Waals surface area contributed by atoms with E-state index in [0.717, 1.165) is 62.8 Å². The molecule has 4 aliphatic carbocycles. The summed E-state index contributed by atoms with van der Waals surface area (Å²) >= 11 is 0. The summed E-state index contributed by atoms with van der Waals surface area (Å²) in [6.07, 6.45) is 26.7. The molecule has 0 aliphatic heterocycles. The third kappa shape index (κ3) is 12.0. The Hall–Kier alpha value is -2.41. The van der Waals surface area contributed by atoms with Gasteiger partial charge in [-0.1, -0.05) is 109 Å². The van der Waals surface area contributed by atoms with Crippen molar-refractivity contribution in [2.45, 2.75) is 163 Å². The third-order valence-corrected chi connectivity index (χ3v) is 14.0. The number of hydrogen-bond acceptors (Lipinski definition) is 6. The van der Waals surface area contributed by atoms with Crippen LogP contribution in [0.3, 0.4) is 0 Å². The molecule has 54 heavy (non-hydrogen) atoms. The summed E-state index contributed by atoms with van der Waals surface area (Å²) in [4.78, 5) is 42.7. The fraction of sp³-hybridized carbons (Fsp3) is 0.809. The second-order valence-corrected chi connectivity index (χ2v) is 18.7. The fourth-order valence-electron chi connectivity index (χ4n) is 10.8. The predicted octanol–water partition coefficient (Wildman–Crippen LogP) is 10.5. The van der Waals surface area contributed by atoms with Crippen LogP contribution in [0, 0.1) is 40.4 Å². The Labute approximate surface area is 330 Å². The van der Waals surface area contributed by atoms with Crippen LogP contribution in [0.15, 0.2) is 35.5 Å². The van der Waals surface area contributed by atoms with Crippen molar-refractivity contribution in [3.05, 3.63) is 35.5 Å². The Kier molecular flexibility index (Phi) is 17.4. The van der Waals surface area contributed by atoms with Crippen molar-refractivity contribution in [2.24, 2.45) is 40.4 Å². The number of nitrogens with zero attached hydrogens (tertiary/aromatic N) is 2. The molecular formula is C47H78N2O5. The van der Waals surface area contributed by atoms with Crippen molar-refractivity contribution in [3.63, 3.8) is 0 Å². The molecule has 306 valence electrons. The summed E-state index contributed by atoms with van der Waals surface area (Å²) in [5, 5.41) is 0. The molecule has 0 N–H and O–H groups in total. The monoisotopic (exact) mass is 751 g/mol. The molecule has 0 spiro atoms. The quantitative estimate of drug-likeness (QED) is 0.0623. The molecule has 7 atom stereocenters. The summed E-state index contributed by atoms with van der Waals surface area (Å²) in [6.45, 7) is 16.1. The third-order valence-electron chi connectivity index (χ3n) is 14.0. The van der Waals surface area contributed by atoms with Crippen molar-refractivity contribution in [1.29, 1.82) is 0 Å². The van der Waals surface area contributed by atoms with Crippen LogP contribution in [0.2, 0.25) is 0 Å². The Bertz CT molecular complexity index is 1320. The molecule has 3 saturated carbocycles. The van der Waals surface area contributed by atoms with Gasteiger partial charge in [0.1, 0.15) is 12.7 Å². The van der Waals surface area contributed by atoms with E-state index in [-0.39, 0.29) is 61.9 Å². The van der Waals surface area contributed by atoms with Gasteiger partial charge in [-0.3, -0.25) is 14.4 Å². The highest BCUT2D eigenvalue weighted by Crippen LogP contribution is 2.66. The summed E-state index contributed by atoms with van der Waals surface area (Å²) in [6, 6.07) is 0. The minimum Gasteiger partial charge on any atom is -0.462 e. The van der Waals surface area contributed by atoms with Crippen molar-refractivity contribution in [1.82, 2.24) is 9.80 Å². The van der Waals surface area contributed by atoms with Gasteiger partial charge in [0.25, 0.3) is 0 Å². The summed E-state index contributed by atoms with van der Waals surface area (Å²) in [5.41, 5.74) is 3.73. The number of rotatable bonds is 22. The number of fused-ring (bicyclic) bond motifs is 5. The molecule has 0 heterocycles. The largest absolute Gasteiger partial charge is 0.462 e. The first kappa shape index (κ1) is 44.3. The second-order valence-electron chi connectivity index (χ2n) is 18.7. The molecule has 4 rings (SSSR count). The smallest absolute Gasteiger partial charge is 0.307 e. The number of carbonyl (C=O) groups is 3. The normalized spacial score (nSPS) is 28.3. The Morgan fingerprint density at radius 3 is 2.31 bits per heavy atom. The average Bonchev–Trinajstić information content (AvgIpc) is 3.48. The van der Waals surface area contributed by atoms with E-state index in [1.54, 1.807) is 10.5 Å². The number of esters is 2. The molecule has 4 aliphatic rings. The highest BCUT2D eigenvalue weighted by Gasteiger charge is 2.57. The van der Waals surface area contributed by atoms with Crippen LogP contribution in [0.25, 0.3) is 0 Å². The maximum atomic E-state index is 13.3. The van der Waals surface area contributed by atoms with Gasteiger partial charge in [-0.05, 0) is 119 Å². The molecule has 0 aromatic carbocycles. The van der Waals surface area contributed by atoms with E-state index in [1.807, 2.05) is 20.2 Å². The van der Waals surface area contributed by atoms with Crippen LogP contribution >= 0.6 is 0 Å². The maximum Gasteiger partial charge on any atom is 0.307 e. The first-order chi connectivity index (χ1) is 25.8. The first-order valence-corrected chi connectivity index (χ1v) is 22.1. The van der Waals surface area contributed by atoms with Gasteiger partial charge in [-0.25, -0.2) is 0 Å². The Balaban J connectivity index is 1.30. The molecule has 0 radical (unpaired) electrons. The molecule has 3 fully saturated rings. The minimum absolute atomic E-state index is 0.0330. The summed E-state index contributed by atoms with van der Waals surface area (Å²) in [5.74, 6) is 3.10. The van der Waals surface area contributed by atoms with Gasteiger partial charge in [-0.2, -0.15) is 0 Å². The second kappa shape index (κ2) is 21.2. The van der Waals surface area contributed by atoms with E-state index in [0.29, 0.717) is 23.7 Å². The van der Waals surface area contributed by atoms with Gasteiger partial charge in [0.2, 0.25) is 5.91 Å². The number of unbranched alkanes of at least 4 members (excludes halogenated alkanes) is 3. The highest BCUT2D eigenvalue weighted by atomic mass is 16.5. The zero-order valence-electron chi connectivity index (χ0n) is 35.8. The van der Waals surface area contributed by atoms with E-state index in [1.165, 1.54) is 63.4 Å². The number of carbonyl (C=O) groups excluding carboxylic acids is 3. The molecule has 7 nitrogen and oxygen atoms in total. The minimum atomic E-state index is -0.327. The molecule has 1 amide bonds. The number of amides is 1. The van der Waals surface area contributed by atoms with Crippen LogP contribution in [-0.2, 0) is 23.9 Å². The summed E-state index contributed by atoms with van der Waals surface area (Å²) < 4.78 is 11.5. The van der Waals surface area contributed by atoms with Crippen LogP contribution in [0.1, 0.15) is 157 Å². The number of ether oxygens (including phenoxy) is 2. The van der Waals surface area contributed by atoms with E-state index >= 15 is 0 Å². The Morgan fingerprint density at radius 1 is 0.833 bits per heavy atom. The lowest BCUT2D eigenvalue weighted by atomic mass is 9.50. The topological polar surface area (TPSA) is 76.1 Å². The van der Waals surface area contributed by atoms with Gasteiger partial charge in [-0.15, -0.1) is 0 Å². The van der Waals surface area contributed by atoms with Gasteiger partial charge in [0.05, 0.1) is 12.8 Å². The van der Waals surface area contributed by atoms with Crippen LogP contribution < -0.4 is 0 Å². The van der Waals surface area contributed by atoms with Gasteiger partial charge in [0.15, 0.2) is 0 Å². The zero-order valence-corrected chi connectivity index (χ0v) is 35.8. The van der Waals surface area contributed by atoms with E-state index < -0.39 is 0 Å². The zero-order chi connectivity index (χ0) is 39.3. The molecule has 0 saturated heterocycles. The highest BCUT2D eigenvalue weighted by molar-refractivity contribution is 5.78. The Morgan fingerprint density at radius 2 is 1.59 bits per heavy atom. The molecule has 7 heteroatoms. The van der Waals surface area contributed by atoms with Gasteiger partial charge < -0.3 is 19.3 Å². The van der Waals surface area contributed by atoms with Crippen molar-refractivity contribution < 1.29 is 23.9 Å². The molecule has 7 unspecified atom stereocenters. The van der Waals surface area contributed by atoms with E-state index in [4.69, 9.17) is 9.47 Å². The lowest BCUT2D eigenvalue weighted by Crippen LogP contribution is -2.47. The van der Waals surface area contributed by atoms with Crippen LogP contribution in [0.5, 0.6) is 0 Å². The lowest BCUT2D eigenvalue weighted by molar-refractivity contribution is -0.151. The molecule has 0 aromatic rings. The van der Waals surface area contributed by atoms with Crippen molar-refractivity contribution in [3.8, 4) is 0 Å². The van der Waals surface area contributed by atoms with E-state index in [9.17, 15) is 14.4 Å². The van der Waals surface area contributed by atoms with Crippen LogP contribution in [-0.4, -0.2) is 74.1 Å². The molecule has 0 bridgehead atoms. The van der Waals surface area contributed by atoms with Gasteiger partial charge in [0, 0.05) is 25.9 Å². The fourth-order valence-corrected chi connectivity index (χ4v) is 10.8. The van der Waals surface area contributed by atoms with E-state index in [2.05, 4.69) is 64.7 Å². The number of allylic oxidation sites excluding steroid dienone is 4. The van der Waals surface area contributed by atoms with Crippen LogP contribution in [0.4, 0.5) is 0 Å². The average molecular weight is 751 g/mol. The number of hydrogen-bond donors (Lipinski definition) is 0. The summed E-state index contributed by atoms with van der Waals surface area (Å²) in [7, 11) is 3.98. The predicted molar refractivity (Wildman–Crippen MR) is 221 cm³/mol. The maximum absolute atomic E-state index is 13.3. The van der Waals surface area contributed by atoms with Crippen molar-refractivity contribution in [2.75, 3.05) is 40.3 Å². The lowest BCUT2D eigenvalue weighted by Gasteiger charge is -2.55.